The van der Waals surface area contributed by atoms with Gasteiger partial charge in [-0.1, -0.05) is 11.6 Å². The molecule has 0 unspecified atom stereocenters. The summed E-state index contributed by atoms with van der Waals surface area (Å²) in [4.78, 5) is 15.6. The maximum atomic E-state index is 11.3. The Bertz CT molecular complexity index is 777. The number of benzene rings is 1. The van der Waals surface area contributed by atoms with Gasteiger partial charge < -0.3 is 4.42 Å². The first-order valence-corrected chi connectivity index (χ1v) is 6.19. The van der Waals surface area contributed by atoms with Crippen LogP contribution < -0.4 is 0 Å². The quantitative estimate of drug-likeness (QED) is 0.651. The van der Waals surface area contributed by atoms with Crippen molar-refractivity contribution in [2.75, 3.05) is 0 Å². The van der Waals surface area contributed by atoms with E-state index in [2.05, 4.69) is 4.98 Å². The van der Waals surface area contributed by atoms with Gasteiger partial charge in [0, 0.05) is 24.1 Å². The average Bonchev–Trinajstić information content (AvgIpc) is 2.89. The van der Waals surface area contributed by atoms with Crippen LogP contribution in [0.3, 0.4) is 0 Å². The second kappa shape index (κ2) is 4.52. The number of furan rings is 1. The fourth-order valence-corrected chi connectivity index (χ4v) is 2.22. The minimum Gasteiger partial charge on any atom is -0.453 e. The van der Waals surface area contributed by atoms with Crippen LogP contribution in [0.5, 0.6) is 0 Å². The molecule has 3 aromatic rings. The van der Waals surface area contributed by atoms with Gasteiger partial charge in [-0.05, 0) is 36.4 Å². The lowest BCUT2D eigenvalue weighted by atomic mass is 10.1. The van der Waals surface area contributed by atoms with Crippen LogP contribution in [0.1, 0.15) is 17.5 Å². The van der Waals surface area contributed by atoms with Crippen LogP contribution >= 0.6 is 11.6 Å². The zero-order valence-corrected chi connectivity index (χ0v) is 10.9. The Labute approximate surface area is 114 Å². The highest BCUT2D eigenvalue weighted by molar-refractivity contribution is 6.35. The molecule has 0 spiro atoms. The predicted molar refractivity (Wildman–Crippen MR) is 74.5 cm³/mol. The summed E-state index contributed by atoms with van der Waals surface area (Å²) in [5.41, 5.74) is 1.59. The van der Waals surface area contributed by atoms with E-state index in [0.717, 1.165) is 16.5 Å². The van der Waals surface area contributed by atoms with E-state index in [1.807, 2.05) is 18.2 Å². The summed E-state index contributed by atoms with van der Waals surface area (Å²) in [5, 5.41) is 1.51. The molecule has 0 saturated heterocycles. The monoisotopic (exact) mass is 271 g/mol. The summed E-state index contributed by atoms with van der Waals surface area (Å²) in [7, 11) is 0. The van der Waals surface area contributed by atoms with Crippen LogP contribution in [0.4, 0.5) is 0 Å². The maximum absolute atomic E-state index is 11.3. The molecule has 3 nitrogen and oxygen atoms in total. The SMILES string of the molecule is CC(=O)c1ccc(-c2ccc(Cl)c3cccnc23)o1. The normalized spacial score (nSPS) is 10.8. The van der Waals surface area contributed by atoms with Gasteiger partial charge in [0.25, 0.3) is 0 Å². The molecule has 0 bridgehead atoms. The van der Waals surface area contributed by atoms with E-state index in [9.17, 15) is 4.79 Å². The second-order valence-electron chi connectivity index (χ2n) is 4.21. The fourth-order valence-electron chi connectivity index (χ4n) is 2.01. The molecule has 0 atom stereocenters. The number of hydrogen-bond donors (Lipinski definition) is 0. The number of carbonyl (C=O) groups is 1. The third kappa shape index (κ3) is 2.02. The summed E-state index contributed by atoms with van der Waals surface area (Å²) < 4.78 is 5.55. The van der Waals surface area contributed by atoms with E-state index in [-0.39, 0.29) is 5.78 Å². The van der Waals surface area contributed by atoms with Crippen molar-refractivity contribution in [2.45, 2.75) is 6.92 Å². The molecule has 3 rings (SSSR count). The van der Waals surface area contributed by atoms with Crippen LogP contribution in [-0.4, -0.2) is 10.8 Å². The van der Waals surface area contributed by atoms with Crippen molar-refractivity contribution < 1.29 is 9.21 Å². The van der Waals surface area contributed by atoms with E-state index in [4.69, 9.17) is 16.0 Å². The highest BCUT2D eigenvalue weighted by Gasteiger charge is 2.12. The number of nitrogens with zero attached hydrogens (tertiary/aromatic N) is 1. The lowest BCUT2D eigenvalue weighted by Gasteiger charge is -2.04. The van der Waals surface area contributed by atoms with Crippen molar-refractivity contribution in [3.8, 4) is 11.3 Å². The van der Waals surface area contributed by atoms with Gasteiger partial charge >= 0.3 is 0 Å². The minimum atomic E-state index is -0.0996. The number of Topliss-reactive ketones (excluding diaryl/α,β-unsaturated/α-hetero) is 1. The lowest BCUT2D eigenvalue weighted by molar-refractivity contribution is 0.0988. The zero-order valence-electron chi connectivity index (χ0n) is 10.2. The average molecular weight is 272 g/mol. The molecule has 2 aromatic heterocycles. The molecule has 4 heteroatoms. The Balaban J connectivity index is 2.24. The van der Waals surface area contributed by atoms with E-state index < -0.39 is 0 Å². The molecule has 0 aliphatic rings. The minimum absolute atomic E-state index is 0.0996. The first-order chi connectivity index (χ1) is 9.16. The number of fused-ring (bicyclic) bond motifs is 1. The Kier molecular flexibility index (Phi) is 2.84. The Hall–Kier alpha value is -2.13. The molecule has 0 aliphatic heterocycles. The summed E-state index contributed by atoms with van der Waals surface area (Å²) in [6.45, 7) is 1.47. The Morgan fingerprint density at radius 3 is 2.79 bits per heavy atom. The molecule has 19 heavy (non-hydrogen) atoms. The number of carbonyl (C=O) groups excluding carboxylic acids is 1. The number of ketones is 1. The van der Waals surface area contributed by atoms with Crippen molar-refractivity contribution in [3.05, 3.63) is 53.4 Å². The van der Waals surface area contributed by atoms with Crippen molar-refractivity contribution in [2.24, 2.45) is 0 Å². The van der Waals surface area contributed by atoms with Crippen LogP contribution in [0, 0.1) is 0 Å². The highest BCUT2D eigenvalue weighted by atomic mass is 35.5. The molecular formula is C15H10ClNO2. The molecule has 0 aliphatic carbocycles. The zero-order chi connectivity index (χ0) is 13.4. The van der Waals surface area contributed by atoms with Gasteiger partial charge in [-0.3, -0.25) is 9.78 Å². The summed E-state index contributed by atoms with van der Waals surface area (Å²) in [6.07, 6.45) is 1.71. The van der Waals surface area contributed by atoms with Crippen molar-refractivity contribution in [1.29, 1.82) is 0 Å². The predicted octanol–water partition coefficient (Wildman–Crippen LogP) is 4.35. The van der Waals surface area contributed by atoms with E-state index >= 15 is 0 Å². The molecule has 0 N–H and O–H groups in total. The molecule has 0 amide bonds. The summed E-state index contributed by atoms with van der Waals surface area (Å²) in [5.74, 6) is 0.858. The number of rotatable bonds is 2. The summed E-state index contributed by atoms with van der Waals surface area (Å²) in [6, 6.07) is 10.8. The van der Waals surface area contributed by atoms with Crippen LogP contribution in [-0.2, 0) is 0 Å². The number of aromatic nitrogens is 1. The summed E-state index contributed by atoms with van der Waals surface area (Å²) >= 11 is 6.15. The lowest BCUT2D eigenvalue weighted by Crippen LogP contribution is -1.87. The largest absolute Gasteiger partial charge is 0.453 e. The second-order valence-corrected chi connectivity index (χ2v) is 4.62. The van der Waals surface area contributed by atoms with Crippen molar-refractivity contribution in [3.63, 3.8) is 0 Å². The van der Waals surface area contributed by atoms with E-state index in [1.165, 1.54) is 6.92 Å². The number of pyridine rings is 1. The standard InChI is InChI=1S/C15H10ClNO2/c1-9(18)13-6-7-14(19-13)11-4-5-12(16)10-3-2-8-17-15(10)11/h2-8H,1H3. The van der Waals surface area contributed by atoms with E-state index in [1.54, 1.807) is 24.4 Å². The molecular weight excluding hydrogens is 262 g/mol. The molecule has 1 aromatic carbocycles. The number of halogens is 1. The maximum Gasteiger partial charge on any atom is 0.194 e. The van der Waals surface area contributed by atoms with E-state index in [0.29, 0.717) is 16.5 Å². The van der Waals surface area contributed by atoms with Crippen molar-refractivity contribution >= 4 is 28.3 Å². The fraction of sp³-hybridized carbons (Fsp3) is 0.0667. The topological polar surface area (TPSA) is 43.1 Å². The van der Waals surface area contributed by atoms with Crippen LogP contribution in [0.25, 0.3) is 22.2 Å². The Morgan fingerprint density at radius 1 is 1.21 bits per heavy atom. The van der Waals surface area contributed by atoms with Crippen LogP contribution in [0.15, 0.2) is 47.0 Å². The third-order valence-electron chi connectivity index (χ3n) is 2.93. The number of hydrogen-bond acceptors (Lipinski definition) is 3. The molecule has 2 heterocycles. The first-order valence-electron chi connectivity index (χ1n) is 5.81. The third-order valence-corrected chi connectivity index (χ3v) is 3.26. The van der Waals surface area contributed by atoms with Gasteiger partial charge in [0.1, 0.15) is 5.76 Å². The molecule has 94 valence electrons. The Morgan fingerprint density at radius 2 is 2.05 bits per heavy atom. The molecule has 0 radical (unpaired) electrons. The highest BCUT2D eigenvalue weighted by Crippen LogP contribution is 2.32. The van der Waals surface area contributed by atoms with Gasteiger partial charge in [0.05, 0.1) is 10.5 Å². The first kappa shape index (κ1) is 11.9. The molecule has 0 fully saturated rings. The van der Waals surface area contributed by atoms with Gasteiger partial charge in [0.2, 0.25) is 0 Å². The van der Waals surface area contributed by atoms with Gasteiger partial charge in [-0.2, -0.15) is 0 Å². The van der Waals surface area contributed by atoms with Gasteiger partial charge in [-0.15, -0.1) is 0 Å². The van der Waals surface area contributed by atoms with Crippen molar-refractivity contribution in [1.82, 2.24) is 4.98 Å². The molecule has 0 saturated carbocycles. The van der Waals surface area contributed by atoms with Crippen LogP contribution in [0.2, 0.25) is 5.02 Å². The van der Waals surface area contributed by atoms with Gasteiger partial charge in [0.15, 0.2) is 11.5 Å². The smallest absolute Gasteiger partial charge is 0.194 e. The van der Waals surface area contributed by atoms with Gasteiger partial charge in [-0.25, -0.2) is 0 Å².